The number of sulfonamides is 1. The van der Waals surface area contributed by atoms with E-state index in [9.17, 15) is 13.2 Å². The number of nitrogens with zero attached hydrogens (tertiary/aromatic N) is 1. The van der Waals surface area contributed by atoms with Crippen LogP contribution < -0.4 is 16.2 Å². The summed E-state index contributed by atoms with van der Waals surface area (Å²) in [5, 5.41) is 3.57. The summed E-state index contributed by atoms with van der Waals surface area (Å²) in [7, 11) is -3.51. The molecular weight excluding hydrogens is 396 g/mol. The third kappa shape index (κ3) is 5.42. The van der Waals surface area contributed by atoms with Crippen molar-refractivity contribution in [1.82, 2.24) is 20.5 Å². The van der Waals surface area contributed by atoms with Gasteiger partial charge in [0.1, 0.15) is 0 Å². The number of benzene rings is 1. The van der Waals surface area contributed by atoms with E-state index in [1.165, 1.54) is 37.1 Å². The number of hydrogen-bond acceptors (Lipinski definition) is 4. The minimum absolute atomic E-state index is 0.220. The lowest BCUT2D eigenvalue weighted by atomic mass is 10.2. The van der Waals surface area contributed by atoms with Crippen molar-refractivity contribution in [2.24, 2.45) is 0 Å². The molecule has 154 valence electrons. The molecule has 1 aromatic carbocycles. The van der Waals surface area contributed by atoms with Gasteiger partial charge >= 0.3 is 0 Å². The van der Waals surface area contributed by atoms with Gasteiger partial charge in [-0.05, 0) is 62.2 Å². The van der Waals surface area contributed by atoms with Crippen molar-refractivity contribution in [3.05, 3.63) is 29.8 Å². The number of thiocarbonyl (C=S) groups is 1. The average molecular weight is 425 g/mol. The Morgan fingerprint density at radius 2 is 1.54 bits per heavy atom. The predicted octanol–water partition coefficient (Wildman–Crippen LogP) is 2.30. The van der Waals surface area contributed by atoms with Crippen molar-refractivity contribution in [2.45, 2.75) is 62.3 Å². The van der Waals surface area contributed by atoms with Crippen LogP contribution in [0.2, 0.25) is 0 Å². The molecule has 0 aromatic heterocycles. The molecule has 1 aromatic rings. The van der Waals surface area contributed by atoms with E-state index in [1.807, 2.05) is 0 Å². The Kier molecular flexibility index (Phi) is 7.25. The first-order valence-corrected chi connectivity index (χ1v) is 11.8. The Morgan fingerprint density at radius 3 is 2.14 bits per heavy atom. The number of hydrazine groups is 1. The van der Waals surface area contributed by atoms with Gasteiger partial charge in [0, 0.05) is 24.7 Å². The molecule has 9 heteroatoms. The van der Waals surface area contributed by atoms with E-state index in [0.29, 0.717) is 29.8 Å². The van der Waals surface area contributed by atoms with Gasteiger partial charge in [-0.3, -0.25) is 15.6 Å². The van der Waals surface area contributed by atoms with Gasteiger partial charge < -0.3 is 5.32 Å². The van der Waals surface area contributed by atoms with E-state index in [2.05, 4.69) is 16.2 Å². The Bertz CT molecular complexity index is 782. The van der Waals surface area contributed by atoms with Crippen LogP contribution in [0.1, 0.15) is 61.7 Å². The second kappa shape index (κ2) is 9.67. The highest BCUT2D eigenvalue weighted by Crippen LogP contribution is 2.20. The number of rotatable bonds is 4. The number of amides is 1. The SMILES string of the molecule is O=C(NNC(=S)NC1CCCC1)c1ccc(S(=O)(=O)N2CCCCCC2)cc1. The summed E-state index contributed by atoms with van der Waals surface area (Å²) in [6.45, 7) is 1.11. The maximum absolute atomic E-state index is 12.8. The van der Waals surface area contributed by atoms with Crippen LogP contribution in [0, 0.1) is 0 Å². The van der Waals surface area contributed by atoms with Crippen molar-refractivity contribution in [3.63, 3.8) is 0 Å². The van der Waals surface area contributed by atoms with Gasteiger partial charge in [0.2, 0.25) is 10.0 Å². The van der Waals surface area contributed by atoms with E-state index in [1.54, 1.807) is 4.31 Å². The molecule has 1 amide bonds. The smallest absolute Gasteiger partial charge is 0.269 e. The van der Waals surface area contributed by atoms with Crippen LogP contribution >= 0.6 is 12.2 Å². The first-order chi connectivity index (χ1) is 13.5. The molecule has 0 unspecified atom stereocenters. The molecule has 3 rings (SSSR count). The first kappa shape index (κ1) is 21.0. The average Bonchev–Trinajstić information content (AvgIpc) is 3.04. The molecule has 1 saturated carbocycles. The number of carbonyl (C=O) groups excluding carboxylic acids is 1. The zero-order valence-corrected chi connectivity index (χ0v) is 17.6. The second-order valence-corrected chi connectivity index (χ2v) is 9.72. The van der Waals surface area contributed by atoms with Crippen LogP contribution in [-0.2, 0) is 10.0 Å². The summed E-state index contributed by atoms with van der Waals surface area (Å²) in [6, 6.07) is 6.39. The van der Waals surface area contributed by atoms with Crippen molar-refractivity contribution in [2.75, 3.05) is 13.1 Å². The van der Waals surface area contributed by atoms with Gasteiger partial charge in [-0.15, -0.1) is 0 Å². The summed E-state index contributed by atoms with van der Waals surface area (Å²) < 4.78 is 27.1. The monoisotopic (exact) mass is 424 g/mol. The Balaban J connectivity index is 1.55. The normalized spacial score (nSPS) is 19.0. The maximum Gasteiger partial charge on any atom is 0.269 e. The van der Waals surface area contributed by atoms with Gasteiger partial charge in [-0.1, -0.05) is 25.7 Å². The van der Waals surface area contributed by atoms with Crippen molar-refractivity contribution in [1.29, 1.82) is 0 Å². The topological polar surface area (TPSA) is 90.5 Å². The fourth-order valence-electron chi connectivity index (χ4n) is 3.69. The molecule has 1 heterocycles. The van der Waals surface area contributed by atoms with Gasteiger partial charge in [-0.25, -0.2) is 8.42 Å². The van der Waals surface area contributed by atoms with Gasteiger partial charge in [0.05, 0.1) is 4.90 Å². The van der Waals surface area contributed by atoms with E-state index in [4.69, 9.17) is 12.2 Å². The molecule has 0 radical (unpaired) electrons. The van der Waals surface area contributed by atoms with E-state index in [-0.39, 0.29) is 10.8 Å². The van der Waals surface area contributed by atoms with Crippen LogP contribution in [0.5, 0.6) is 0 Å². The minimum atomic E-state index is -3.51. The lowest BCUT2D eigenvalue weighted by Gasteiger charge is -2.20. The van der Waals surface area contributed by atoms with Gasteiger partial charge in [-0.2, -0.15) is 4.31 Å². The fourth-order valence-corrected chi connectivity index (χ4v) is 5.42. The highest BCUT2D eigenvalue weighted by Gasteiger charge is 2.25. The summed E-state index contributed by atoms with van der Waals surface area (Å²) in [4.78, 5) is 12.5. The Morgan fingerprint density at radius 1 is 0.929 bits per heavy atom. The van der Waals surface area contributed by atoms with E-state index in [0.717, 1.165) is 38.5 Å². The molecule has 28 heavy (non-hydrogen) atoms. The predicted molar refractivity (Wildman–Crippen MR) is 112 cm³/mol. The maximum atomic E-state index is 12.8. The van der Waals surface area contributed by atoms with Crippen LogP contribution in [0.4, 0.5) is 0 Å². The zero-order chi connectivity index (χ0) is 20.0. The van der Waals surface area contributed by atoms with Crippen molar-refractivity contribution >= 4 is 33.3 Å². The summed E-state index contributed by atoms with van der Waals surface area (Å²) in [5.41, 5.74) is 5.62. The standard InChI is InChI=1S/C19H28N4O3S2/c24-18(21-22-19(27)20-16-7-3-4-8-16)15-9-11-17(12-10-15)28(25,26)23-13-5-1-2-6-14-23/h9-12,16H,1-8,13-14H2,(H,21,24)(H2,20,22,27). The highest BCUT2D eigenvalue weighted by atomic mass is 32.2. The lowest BCUT2D eigenvalue weighted by Crippen LogP contribution is -2.49. The van der Waals surface area contributed by atoms with Gasteiger partial charge in [0.15, 0.2) is 5.11 Å². The lowest BCUT2D eigenvalue weighted by molar-refractivity contribution is 0.0943. The number of hydrogen-bond donors (Lipinski definition) is 3. The van der Waals surface area contributed by atoms with E-state index < -0.39 is 10.0 Å². The number of carbonyl (C=O) groups is 1. The highest BCUT2D eigenvalue weighted by molar-refractivity contribution is 7.89. The number of nitrogens with one attached hydrogen (secondary N) is 3. The van der Waals surface area contributed by atoms with Crippen molar-refractivity contribution < 1.29 is 13.2 Å². The molecule has 0 spiro atoms. The van der Waals surface area contributed by atoms with Crippen LogP contribution in [0.3, 0.4) is 0 Å². The Hall–Kier alpha value is -1.71. The molecule has 3 N–H and O–H groups in total. The summed E-state index contributed by atoms with van der Waals surface area (Å²) in [6.07, 6.45) is 8.47. The molecular formula is C19H28N4O3S2. The Labute approximate surface area is 172 Å². The molecule has 7 nitrogen and oxygen atoms in total. The molecule has 2 fully saturated rings. The molecule has 1 aliphatic carbocycles. The summed E-state index contributed by atoms with van der Waals surface area (Å²) >= 11 is 5.19. The van der Waals surface area contributed by atoms with Gasteiger partial charge in [0.25, 0.3) is 5.91 Å². The molecule has 0 atom stereocenters. The molecule has 1 saturated heterocycles. The van der Waals surface area contributed by atoms with Crippen LogP contribution in [0.25, 0.3) is 0 Å². The quantitative estimate of drug-likeness (QED) is 0.508. The van der Waals surface area contributed by atoms with Crippen LogP contribution in [-0.4, -0.2) is 42.9 Å². The molecule has 2 aliphatic rings. The third-order valence-corrected chi connectivity index (χ3v) is 7.43. The fraction of sp³-hybridized carbons (Fsp3) is 0.579. The first-order valence-electron chi connectivity index (χ1n) is 9.94. The summed E-state index contributed by atoms with van der Waals surface area (Å²) in [5.74, 6) is -0.366. The molecule has 0 bridgehead atoms. The minimum Gasteiger partial charge on any atom is -0.359 e. The van der Waals surface area contributed by atoms with Crippen molar-refractivity contribution in [3.8, 4) is 0 Å². The second-order valence-electron chi connectivity index (χ2n) is 7.38. The van der Waals surface area contributed by atoms with Crippen LogP contribution in [0.15, 0.2) is 29.2 Å². The largest absolute Gasteiger partial charge is 0.359 e. The zero-order valence-electron chi connectivity index (χ0n) is 15.9. The molecule has 1 aliphatic heterocycles. The van der Waals surface area contributed by atoms with E-state index >= 15 is 0 Å². The third-order valence-electron chi connectivity index (χ3n) is 5.30.